The van der Waals surface area contributed by atoms with Gasteiger partial charge in [-0.1, -0.05) is 15.9 Å². The van der Waals surface area contributed by atoms with Crippen molar-refractivity contribution in [1.29, 1.82) is 0 Å². The Morgan fingerprint density at radius 2 is 2.27 bits per heavy atom. The molecule has 0 aliphatic carbocycles. The first kappa shape index (κ1) is 10.2. The predicted octanol–water partition coefficient (Wildman–Crippen LogP) is 3.08. The molecule has 0 saturated carbocycles. The van der Waals surface area contributed by atoms with Crippen LogP contribution in [0.1, 0.15) is 10.6 Å². The van der Waals surface area contributed by atoms with E-state index in [9.17, 15) is 4.79 Å². The number of aldehydes is 1. The Hall–Kier alpha value is -1.29. The second-order valence-electron chi connectivity index (χ2n) is 3.09. The molecular formula is C11H9BrO3. The van der Waals surface area contributed by atoms with Crippen LogP contribution in [0.5, 0.6) is 5.75 Å². The fourth-order valence-corrected chi connectivity index (χ4v) is 1.60. The highest BCUT2D eigenvalue weighted by molar-refractivity contribution is 9.09. The van der Waals surface area contributed by atoms with Gasteiger partial charge < -0.3 is 13.9 Å². The van der Waals surface area contributed by atoms with Crippen LogP contribution in [-0.4, -0.2) is 13.4 Å². The van der Waals surface area contributed by atoms with Crippen LogP contribution in [0.2, 0.25) is 0 Å². The topological polar surface area (TPSA) is 39.4 Å². The van der Waals surface area contributed by atoms with Crippen molar-refractivity contribution in [2.24, 2.45) is 0 Å². The molecule has 4 heteroatoms. The average Bonchev–Trinajstić information content (AvgIpc) is 2.70. The van der Waals surface area contributed by atoms with Gasteiger partial charge in [0, 0.05) is 5.39 Å². The van der Waals surface area contributed by atoms with Crippen molar-refractivity contribution in [2.45, 2.75) is 4.83 Å². The van der Waals surface area contributed by atoms with Crippen molar-refractivity contribution >= 4 is 33.2 Å². The molecule has 2 aromatic rings. The van der Waals surface area contributed by atoms with Crippen molar-refractivity contribution in [1.82, 2.24) is 0 Å². The number of rotatable bonds is 3. The van der Waals surface area contributed by atoms with E-state index in [4.69, 9.17) is 9.15 Å². The summed E-state index contributed by atoms with van der Waals surface area (Å²) in [5.41, 5.74) is 0.747. The van der Waals surface area contributed by atoms with E-state index in [1.54, 1.807) is 7.11 Å². The van der Waals surface area contributed by atoms with Gasteiger partial charge >= 0.3 is 0 Å². The zero-order chi connectivity index (χ0) is 10.8. The van der Waals surface area contributed by atoms with E-state index in [0.717, 1.165) is 23.0 Å². The van der Waals surface area contributed by atoms with Crippen LogP contribution in [0.3, 0.4) is 0 Å². The quantitative estimate of drug-likeness (QED) is 0.635. The monoisotopic (exact) mass is 268 g/mol. The zero-order valence-electron chi connectivity index (χ0n) is 8.07. The van der Waals surface area contributed by atoms with E-state index in [1.165, 1.54) is 0 Å². The molecule has 2 rings (SSSR count). The summed E-state index contributed by atoms with van der Waals surface area (Å²) in [6, 6.07) is 7.33. The van der Waals surface area contributed by atoms with Gasteiger partial charge in [-0.15, -0.1) is 0 Å². The molecule has 0 bridgehead atoms. The number of hydrogen-bond acceptors (Lipinski definition) is 3. The lowest BCUT2D eigenvalue weighted by atomic mass is 10.2. The van der Waals surface area contributed by atoms with Crippen LogP contribution in [0.4, 0.5) is 0 Å². The van der Waals surface area contributed by atoms with E-state index in [0.29, 0.717) is 5.76 Å². The molecular weight excluding hydrogens is 260 g/mol. The summed E-state index contributed by atoms with van der Waals surface area (Å²) < 4.78 is 10.6. The molecule has 1 heterocycles. The summed E-state index contributed by atoms with van der Waals surface area (Å²) >= 11 is 3.21. The van der Waals surface area contributed by atoms with Gasteiger partial charge in [0.25, 0.3) is 0 Å². The van der Waals surface area contributed by atoms with Crippen molar-refractivity contribution in [2.75, 3.05) is 7.11 Å². The lowest BCUT2D eigenvalue weighted by Gasteiger charge is -1.96. The molecule has 0 fully saturated rings. The van der Waals surface area contributed by atoms with Gasteiger partial charge in [-0.2, -0.15) is 0 Å². The summed E-state index contributed by atoms with van der Waals surface area (Å²) in [4.78, 5) is 10.2. The zero-order valence-corrected chi connectivity index (χ0v) is 9.65. The van der Waals surface area contributed by atoms with Gasteiger partial charge in [-0.3, -0.25) is 0 Å². The fourth-order valence-electron chi connectivity index (χ4n) is 1.37. The van der Waals surface area contributed by atoms with Crippen molar-refractivity contribution in [3.05, 3.63) is 30.0 Å². The third-order valence-corrected chi connectivity index (χ3v) is 2.80. The fraction of sp³-hybridized carbons (Fsp3) is 0.182. The highest BCUT2D eigenvalue weighted by Gasteiger charge is 2.12. The lowest BCUT2D eigenvalue weighted by Crippen LogP contribution is -1.85. The number of carbonyl (C=O) groups is 1. The van der Waals surface area contributed by atoms with Crippen molar-refractivity contribution in [3.8, 4) is 5.75 Å². The third-order valence-electron chi connectivity index (χ3n) is 2.13. The number of ether oxygens (including phenoxy) is 1. The lowest BCUT2D eigenvalue weighted by molar-refractivity contribution is -0.107. The van der Waals surface area contributed by atoms with Crippen LogP contribution in [0.15, 0.2) is 28.7 Å². The largest absolute Gasteiger partial charge is 0.497 e. The molecule has 0 radical (unpaired) electrons. The van der Waals surface area contributed by atoms with Gasteiger partial charge in [0.05, 0.1) is 7.11 Å². The maximum absolute atomic E-state index is 10.6. The number of alkyl halides is 1. The Morgan fingerprint density at radius 1 is 1.47 bits per heavy atom. The van der Waals surface area contributed by atoms with Gasteiger partial charge in [0.15, 0.2) is 0 Å². The molecule has 1 atom stereocenters. The summed E-state index contributed by atoms with van der Waals surface area (Å²) in [5.74, 6) is 1.38. The van der Waals surface area contributed by atoms with E-state index in [-0.39, 0.29) is 0 Å². The standard InChI is InChI=1S/C11H9BrO3/c1-14-8-2-3-10-7(4-8)5-11(15-10)9(12)6-13/h2-6,9H,1H3. The molecule has 0 spiro atoms. The van der Waals surface area contributed by atoms with E-state index in [1.807, 2.05) is 24.3 Å². The van der Waals surface area contributed by atoms with Crippen LogP contribution < -0.4 is 4.74 Å². The number of halogens is 1. The van der Waals surface area contributed by atoms with Crippen LogP contribution in [-0.2, 0) is 4.79 Å². The van der Waals surface area contributed by atoms with E-state index >= 15 is 0 Å². The molecule has 1 unspecified atom stereocenters. The molecule has 0 amide bonds. The molecule has 78 valence electrons. The number of methoxy groups -OCH3 is 1. The molecule has 15 heavy (non-hydrogen) atoms. The Balaban J connectivity index is 2.50. The molecule has 1 aromatic carbocycles. The average molecular weight is 269 g/mol. The molecule has 1 aromatic heterocycles. The minimum atomic E-state index is -0.393. The second-order valence-corrected chi connectivity index (χ2v) is 4.08. The summed E-state index contributed by atoms with van der Waals surface area (Å²) in [6.07, 6.45) is 0.787. The van der Waals surface area contributed by atoms with Crippen LogP contribution >= 0.6 is 15.9 Å². The molecule has 0 saturated heterocycles. The Bertz CT molecular complexity index is 490. The first-order valence-electron chi connectivity index (χ1n) is 4.41. The number of carbonyl (C=O) groups excluding carboxylic acids is 1. The van der Waals surface area contributed by atoms with Crippen LogP contribution in [0, 0.1) is 0 Å². The summed E-state index contributed by atoms with van der Waals surface area (Å²) in [6.45, 7) is 0. The third kappa shape index (κ3) is 1.90. The summed E-state index contributed by atoms with van der Waals surface area (Å²) in [7, 11) is 1.61. The van der Waals surface area contributed by atoms with Gasteiger partial charge in [0.2, 0.25) is 0 Å². The molecule has 3 nitrogen and oxygen atoms in total. The Labute approximate surface area is 95.1 Å². The second kappa shape index (κ2) is 4.06. The smallest absolute Gasteiger partial charge is 0.141 e. The van der Waals surface area contributed by atoms with Gasteiger partial charge in [-0.25, -0.2) is 0 Å². The molecule has 0 N–H and O–H groups in total. The number of hydrogen-bond donors (Lipinski definition) is 0. The molecule has 0 aliphatic rings. The molecule has 0 aliphatic heterocycles. The number of furan rings is 1. The number of fused-ring (bicyclic) bond motifs is 1. The van der Waals surface area contributed by atoms with E-state index < -0.39 is 4.83 Å². The predicted molar refractivity (Wildman–Crippen MR) is 60.5 cm³/mol. The first-order valence-corrected chi connectivity index (χ1v) is 5.33. The van der Waals surface area contributed by atoms with Gasteiger partial charge in [0.1, 0.15) is 28.2 Å². The van der Waals surface area contributed by atoms with Crippen molar-refractivity contribution < 1.29 is 13.9 Å². The van der Waals surface area contributed by atoms with Crippen LogP contribution in [0.25, 0.3) is 11.0 Å². The SMILES string of the molecule is COc1ccc2oc(C(Br)C=O)cc2c1. The maximum Gasteiger partial charge on any atom is 0.141 e. The minimum Gasteiger partial charge on any atom is -0.497 e. The Kier molecular flexibility index (Phi) is 2.77. The Morgan fingerprint density at radius 3 is 2.93 bits per heavy atom. The van der Waals surface area contributed by atoms with E-state index in [2.05, 4.69) is 15.9 Å². The highest BCUT2D eigenvalue weighted by atomic mass is 79.9. The normalized spacial score (nSPS) is 12.7. The maximum atomic E-state index is 10.6. The number of benzene rings is 1. The minimum absolute atomic E-state index is 0.393. The first-order chi connectivity index (χ1) is 7.24. The van der Waals surface area contributed by atoms with Gasteiger partial charge in [-0.05, 0) is 24.3 Å². The summed E-state index contributed by atoms with van der Waals surface area (Å²) in [5, 5.41) is 0.927. The highest BCUT2D eigenvalue weighted by Crippen LogP contribution is 2.29. The van der Waals surface area contributed by atoms with Crippen molar-refractivity contribution in [3.63, 3.8) is 0 Å².